The smallest absolute Gasteiger partial charge is 0.227 e. The summed E-state index contributed by atoms with van der Waals surface area (Å²) in [4.78, 5) is 12.2. The van der Waals surface area contributed by atoms with Gasteiger partial charge in [-0.25, -0.2) is 0 Å². The summed E-state index contributed by atoms with van der Waals surface area (Å²) < 4.78 is 1.83. The summed E-state index contributed by atoms with van der Waals surface area (Å²) in [5.41, 5.74) is 0.833. The highest BCUT2D eigenvalue weighted by atomic mass is 16.1. The maximum Gasteiger partial charge on any atom is 0.227 e. The van der Waals surface area contributed by atoms with Crippen molar-refractivity contribution in [1.29, 1.82) is 0 Å². The predicted octanol–water partition coefficient (Wildman–Crippen LogP) is 2.28. The normalized spacial score (nSPS) is 30.8. The van der Waals surface area contributed by atoms with Gasteiger partial charge in [-0.2, -0.15) is 5.10 Å². The third-order valence-electron chi connectivity index (χ3n) is 4.30. The Morgan fingerprint density at radius 2 is 2.41 bits per heavy atom. The van der Waals surface area contributed by atoms with E-state index in [9.17, 15) is 4.79 Å². The first-order valence-electron chi connectivity index (χ1n) is 6.59. The summed E-state index contributed by atoms with van der Waals surface area (Å²) in [5.74, 6) is 1.90. The average molecular weight is 233 g/mol. The summed E-state index contributed by atoms with van der Waals surface area (Å²) >= 11 is 0. The second-order valence-electron chi connectivity index (χ2n) is 5.36. The van der Waals surface area contributed by atoms with Crippen molar-refractivity contribution in [2.45, 2.75) is 39.2 Å². The first kappa shape index (κ1) is 10.8. The lowest BCUT2D eigenvalue weighted by Crippen LogP contribution is -2.27. The summed E-state index contributed by atoms with van der Waals surface area (Å²) in [6.45, 7) is 2.87. The third-order valence-corrected chi connectivity index (χ3v) is 4.30. The molecule has 4 heteroatoms. The molecule has 1 N–H and O–H groups in total. The maximum absolute atomic E-state index is 12.2. The average Bonchev–Trinajstić information content (AvgIpc) is 3.04. The zero-order valence-electron chi connectivity index (χ0n) is 10.2. The molecule has 0 unspecified atom stereocenters. The minimum atomic E-state index is 0.202. The van der Waals surface area contributed by atoms with Gasteiger partial charge in [-0.15, -0.1) is 0 Å². The van der Waals surface area contributed by atoms with Crippen LogP contribution in [0.15, 0.2) is 12.4 Å². The van der Waals surface area contributed by atoms with E-state index in [0.29, 0.717) is 5.92 Å². The molecule has 1 aromatic heterocycles. The Labute approximate surface area is 101 Å². The van der Waals surface area contributed by atoms with E-state index in [1.807, 2.05) is 17.8 Å². The zero-order valence-corrected chi connectivity index (χ0v) is 10.2. The molecule has 2 aliphatic carbocycles. The number of nitrogens with one attached hydrogen (secondary N) is 1. The number of aryl methyl sites for hydroxylation is 1. The van der Waals surface area contributed by atoms with Gasteiger partial charge in [0.05, 0.1) is 11.9 Å². The van der Waals surface area contributed by atoms with E-state index in [4.69, 9.17) is 0 Å². The molecule has 2 aliphatic rings. The molecule has 2 fully saturated rings. The standard InChI is InChI=1S/C13H19N3O/c1-2-16-8-11(7-14-16)15-13(17)12-6-9-3-4-10(12)5-9/h7-10,12H,2-6H2,1H3,(H,15,17)/t9-,10-,12+/m0/s1. The fraction of sp³-hybridized carbons (Fsp3) is 0.692. The van der Waals surface area contributed by atoms with Gasteiger partial charge in [0.1, 0.15) is 0 Å². The number of nitrogens with zero attached hydrogens (tertiary/aromatic N) is 2. The van der Waals surface area contributed by atoms with E-state index in [0.717, 1.165) is 24.6 Å². The number of amides is 1. The SMILES string of the molecule is CCn1cc(NC(=O)[C@@H]2C[C@H]3CC[C@H]2C3)cn1. The van der Waals surface area contributed by atoms with Crippen molar-refractivity contribution >= 4 is 11.6 Å². The first-order chi connectivity index (χ1) is 8.26. The van der Waals surface area contributed by atoms with E-state index in [1.165, 1.54) is 19.3 Å². The molecule has 92 valence electrons. The summed E-state index contributed by atoms with van der Waals surface area (Å²) in [7, 11) is 0. The second kappa shape index (κ2) is 4.17. The molecule has 0 aromatic carbocycles. The number of aromatic nitrogens is 2. The minimum absolute atomic E-state index is 0.202. The molecule has 1 heterocycles. The molecule has 3 atom stereocenters. The molecule has 0 spiro atoms. The monoisotopic (exact) mass is 233 g/mol. The molecular weight excluding hydrogens is 214 g/mol. The van der Waals surface area contributed by atoms with Crippen LogP contribution in [-0.4, -0.2) is 15.7 Å². The second-order valence-corrected chi connectivity index (χ2v) is 5.36. The Morgan fingerprint density at radius 1 is 1.53 bits per heavy atom. The topological polar surface area (TPSA) is 46.9 Å². The molecule has 2 bridgehead atoms. The number of carbonyl (C=O) groups excluding carboxylic acids is 1. The van der Waals surface area contributed by atoms with Gasteiger partial charge >= 0.3 is 0 Å². The molecule has 1 aromatic rings. The van der Waals surface area contributed by atoms with Crippen LogP contribution in [-0.2, 0) is 11.3 Å². The Kier molecular flexibility index (Phi) is 2.65. The van der Waals surface area contributed by atoms with E-state index in [2.05, 4.69) is 10.4 Å². The Hall–Kier alpha value is -1.32. The van der Waals surface area contributed by atoms with Gasteiger partial charge < -0.3 is 5.32 Å². The lowest BCUT2D eigenvalue weighted by atomic mass is 9.88. The number of hydrogen-bond acceptors (Lipinski definition) is 2. The molecule has 4 nitrogen and oxygen atoms in total. The Bertz CT molecular complexity index is 426. The third kappa shape index (κ3) is 1.96. The van der Waals surface area contributed by atoms with Crippen LogP contribution in [0.25, 0.3) is 0 Å². The van der Waals surface area contributed by atoms with Crippen molar-refractivity contribution in [3.8, 4) is 0 Å². The largest absolute Gasteiger partial charge is 0.323 e. The molecule has 0 saturated heterocycles. The van der Waals surface area contributed by atoms with Gasteiger partial charge in [0, 0.05) is 18.7 Å². The van der Waals surface area contributed by atoms with Crippen molar-refractivity contribution in [2.75, 3.05) is 5.32 Å². The van der Waals surface area contributed by atoms with Gasteiger partial charge in [0.2, 0.25) is 5.91 Å². The van der Waals surface area contributed by atoms with Gasteiger partial charge in [-0.3, -0.25) is 9.48 Å². The van der Waals surface area contributed by atoms with Crippen LogP contribution in [0.4, 0.5) is 5.69 Å². The highest BCUT2D eigenvalue weighted by Gasteiger charge is 2.43. The van der Waals surface area contributed by atoms with E-state index < -0.39 is 0 Å². The van der Waals surface area contributed by atoms with Crippen molar-refractivity contribution in [3.05, 3.63) is 12.4 Å². The van der Waals surface area contributed by atoms with Crippen LogP contribution in [0.5, 0.6) is 0 Å². The van der Waals surface area contributed by atoms with E-state index in [-0.39, 0.29) is 11.8 Å². The quantitative estimate of drug-likeness (QED) is 0.870. The lowest BCUT2D eigenvalue weighted by molar-refractivity contribution is -0.121. The molecule has 2 saturated carbocycles. The van der Waals surface area contributed by atoms with Crippen LogP contribution in [0.1, 0.15) is 32.6 Å². The number of carbonyl (C=O) groups is 1. The maximum atomic E-state index is 12.2. The van der Waals surface area contributed by atoms with Gasteiger partial charge in [-0.1, -0.05) is 6.42 Å². The molecule has 0 aliphatic heterocycles. The van der Waals surface area contributed by atoms with Crippen LogP contribution in [0.3, 0.4) is 0 Å². The van der Waals surface area contributed by atoms with Gasteiger partial charge in [0.25, 0.3) is 0 Å². The minimum Gasteiger partial charge on any atom is -0.323 e. The van der Waals surface area contributed by atoms with Crippen LogP contribution < -0.4 is 5.32 Å². The fourth-order valence-corrected chi connectivity index (χ4v) is 3.40. The number of fused-ring (bicyclic) bond motifs is 2. The van der Waals surface area contributed by atoms with Crippen LogP contribution >= 0.6 is 0 Å². The zero-order chi connectivity index (χ0) is 11.8. The van der Waals surface area contributed by atoms with E-state index >= 15 is 0 Å². The molecule has 1 amide bonds. The molecule has 17 heavy (non-hydrogen) atoms. The number of anilines is 1. The van der Waals surface area contributed by atoms with Crippen LogP contribution in [0, 0.1) is 17.8 Å². The van der Waals surface area contributed by atoms with Crippen molar-refractivity contribution in [2.24, 2.45) is 17.8 Å². The number of hydrogen-bond donors (Lipinski definition) is 1. The van der Waals surface area contributed by atoms with Crippen molar-refractivity contribution < 1.29 is 4.79 Å². The van der Waals surface area contributed by atoms with E-state index in [1.54, 1.807) is 6.20 Å². The predicted molar refractivity (Wildman–Crippen MR) is 65.5 cm³/mol. The highest BCUT2D eigenvalue weighted by molar-refractivity contribution is 5.92. The summed E-state index contributed by atoms with van der Waals surface area (Å²) in [6, 6.07) is 0. The molecule has 0 radical (unpaired) electrons. The highest BCUT2D eigenvalue weighted by Crippen LogP contribution is 2.48. The molecular formula is C13H19N3O. The van der Waals surface area contributed by atoms with Gasteiger partial charge in [0.15, 0.2) is 0 Å². The lowest BCUT2D eigenvalue weighted by Gasteiger charge is -2.20. The van der Waals surface area contributed by atoms with Crippen molar-refractivity contribution in [3.63, 3.8) is 0 Å². The summed E-state index contributed by atoms with van der Waals surface area (Å²) in [6.07, 6.45) is 8.57. The summed E-state index contributed by atoms with van der Waals surface area (Å²) in [5, 5.41) is 7.17. The Balaban J connectivity index is 1.63. The first-order valence-corrected chi connectivity index (χ1v) is 6.59. The van der Waals surface area contributed by atoms with Gasteiger partial charge in [-0.05, 0) is 38.0 Å². The van der Waals surface area contributed by atoms with Crippen molar-refractivity contribution in [1.82, 2.24) is 9.78 Å². The number of rotatable bonds is 3. The Morgan fingerprint density at radius 3 is 3.00 bits per heavy atom. The molecule has 3 rings (SSSR count). The fourth-order valence-electron chi connectivity index (χ4n) is 3.40. The van der Waals surface area contributed by atoms with Crippen LogP contribution in [0.2, 0.25) is 0 Å².